The van der Waals surface area contributed by atoms with Crippen molar-refractivity contribution in [1.29, 1.82) is 0 Å². The molecule has 0 saturated heterocycles. The molecular formula is C17H17ClN2O4. The Morgan fingerprint density at radius 1 is 1.12 bits per heavy atom. The van der Waals surface area contributed by atoms with Crippen molar-refractivity contribution in [2.75, 3.05) is 37.5 Å². The van der Waals surface area contributed by atoms with E-state index in [1.54, 1.807) is 18.2 Å². The van der Waals surface area contributed by atoms with Gasteiger partial charge in [-0.1, -0.05) is 11.6 Å². The van der Waals surface area contributed by atoms with Gasteiger partial charge in [-0.25, -0.2) is 0 Å². The summed E-state index contributed by atoms with van der Waals surface area (Å²) in [7, 11) is 1.54. The van der Waals surface area contributed by atoms with Crippen LogP contribution in [0.5, 0.6) is 17.2 Å². The van der Waals surface area contributed by atoms with Gasteiger partial charge < -0.3 is 24.8 Å². The second-order valence-electron chi connectivity index (χ2n) is 5.11. The number of halogens is 1. The summed E-state index contributed by atoms with van der Waals surface area (Å²) >= 11 is 6.04. The van der Waals surface area contributed by atoms with Crippen LogP contribution in [0.1, 0.15) is 0 Å². The minimum absolute atomic E-state index is 0.114. The summed E-state index contributed by atoms with van der Waals surface area (Å²) in [6.07, 6.45) is 0. The zero-order valence-corrected chi connectivity index (χ0v) is 13.9. The highest BCUT2D eigenvalue weighted by Gasteiger charge is 2.12. The first-order valence-corrected chi connectivity index (χ1v) is 7.80. The Labute approximate surface area is 144 Å². The number of rotatable bonds is 5. The minimum atomic E-state index is -0.189. The Bertz CT molecular complexity index is 751. The van der Waals surface area contributed by atoms with Gasteiger partial charge in [-0.05, 0) is 30.3 Å². The zero-order valence-electron chi connectivity index (χ0n) is 13.1. The van der Waals surface area contributed by atoms with Gasteiger partial charge in [0.15, 0.2) is 11.5 Å². The lowest BCUT2D eigenvalue weighted by molar-refractivity contribution is -0.114. The van der Waals surface area contributed by atoms with Gasteiger partial charge in [0.1, 0.15) is 19.0 Å². The molecule has 1 aliphatic rings. The van der Waals surface area contributed by atoms with Gasteiger partial charge in [0.25, 0.3) is 0 Å². The Morgan fingerprint density at radius 3 is 2.62 bits per heavy atom. The number of benzene rings is 2. The summed E-state index contributed by atoms with van der Waals surface area (Å²) in [5.41, 5.74) is 1.39. The Kier molecular flexibility index (Phi) is 4.96. The van der Waals surface area contributed by atoms with Crippen molar-refractivity contribution in [3.05, 3.63) is 41.4 Å². The predicted molar refractivity (Wildman–Crippen MR) is 92.6 cm³/mol. The molecule has 126 valence electrons. The summed E-state index contributed by atoms with van der Waals surface area (Å²) in [6, 6.07) is 10.5. The van der Waals surface area contributed by atoms with Crippen molar-refractivity contribution in [1.82, 2.24) is 0 Å². The lowest BCUT2D eigenvalue weighted by Gasteiger charge is -2.19. The maximum atomic E-state index is 12.0. The van der Waals surface area contributed by atoms with E-state index in [2.05, 4.69) is 10.6 Å². The van der Waals surface area contributed by atoms with Gasteiger partial charge >= 0.3 is 0 Å². The second-order valence-corrected chi connectivity index (χ2v) is 5.52. The molecule has 3 rings (SSSR count). The summed E-state index contributed by atoms with van der Waals surface area (Å²) in [4.78, 5) is 12.0. The average Bonchev–Trinajstić information content (AvgIpc) is 2.60. The average molecular weight is 349 g/mol. The van der Waals surface area contributed by atoms with Crippen LogP contribution in [0, 0.1) is 0 Å². The van der Waals surface area contributed by atoms with E-state index < -0.39 is 0 Å². The van der Waals surface area contributed by atoms with Crippen molar-refractivity contribution < 1.29 is 19.0 Å². The molecule has 0 spiro atoms. The van der Waals surface area contributed by atoms with Gasteiger partial charge in [0.2, 0.25) is 5.91 Å². The normalized spacial score (nSPS) is 12.4. The lowest BCUT2D eigenvalue weighted by Crippen LogP contribution is -2.22. The third-order valence-electron chi connectivity index (χ3n) is 3.43. The molecular weight excluding hydrogens is 332 g/mol. The number of carbonyl (C=O) groups is 1. The maximum absolute atomic E-state index is 12.0. The van der Waals surface area contributed by atoms with Gasteiger partial charge in [-0.3, -0.25) is 4.79 Å². The molecule has 0 bridgehead atoms. The van der Waals surface area contributed by atoms with E-state index >= 15 is 0 Å². The van der Waals surface area contributed by atoms with E-state index in [4.69, 9.17) is 25.8 Å². The molecule has 0 saturated carbocycles. The molecule has 2 aromatic rings. The van der Waals surface area contributed by atoms with E-state index in [-0.39, 0.29) is 12.5 Å². The van der Waals surface area contributed by atoms with E-state index in [0.717, 1.165) is 5.69 Å². The summed E-state index contributed by atoms with van der Waals surface area (Å²) in [5, 5.41) is 6.26. The number of nitrogens with one attached hydrogen (secondary N) is 2. The molecule has 1 aliphatic heterocycles. The summed E-state index contributed by atoms with van der Waals surface area (Å²) < 4.78 is 16.0. The maximum Gasteiger partial charge on any atom is 0.243 e. The SMILES string of the molecule is COc1ccc(NC(=O)CNc2ccc3c(c2)OCCO3)cc1Cl. The van der Waals surface area contributed by atoms with E-state index in [0.29, 0.717) is 41.2 Å². The van der Waals surface area contributed by atoms with Crippen molar-refractivity contribution in [2.24, 2.45) is 0 Å². The molecule has 24 heavy (non-hydrogen) atoms. The molecule has 0 aromatic heterocycles. The van der Waals surface area contributed by atoms with Crippen LogP contribution in [0.15, 0.2) is 36.4 Å². The standard InChI is InChI=1S/C17H17ClN2O4/c1-22-14-4-3-12(8-13(14)18)20-17(21)10-19-11-2-5-15-16(9-11)24-7-6-23-15/h2-5,8-9,19H,6-7,10H2,1H3,(H,20,21). The van der Waals surface area contributed by atoms with Crippen molar-refractivity contribution >= 4 is 28.9 Å². The summed E-state index contributed by atoms with van der Waals surface area (Å²) in [6.45, 7) is 1.19. The third-order valence-corrected chi connectivity index (χ3v) is 3.73. The summed E-state index contributed by atoms with van der Waals surface area (Å²) in [5.74, 6) is 1.76. The number of methoxy groups -OCH3 is 1. The van der Waals surface area contributed by atoms with Crippen molar-refractivity contribution in [3.63, 3.8) is 0 Å². The van der Waals surface area contributed by atoms with Crippen LogP contribution in [0.3, 0.4) is 0 Å². The number of ether oxygens (including phenoxy) is 3. The van der Waals surface area contributed by atoms with Gasteiger partial charge in [-0.2, -0.15) is 0 Å². The zero-order chi connectivity index (χ0) is 16.9. The molecule has 0 aliphatic carbocycles. The van der Waals surface area contributed by atoms with Gasteiger partial charge in [-0.15, -0.1) is 0 Å². The third kappa shape index (κ3) is 3.83. The molecule has 7 heteroatoms. The topological polar surface area (TPSA) is 68.8 Å². The second kappa shape index (κ2) is 7.31. The fourth-order valence-electron chi connectivity index (χ4n) is 2.28. The number of hydrogen-bond acceptors (Lipinski definition) is 5. The molecule has 0 atom stereocenters. The lowest BCUT2D eigenvalue weighted by atomic mass is 10.2. The predicted octanol–water partition coefficient (Wildman–Crippen LogP) is 3.17. The molecule has 1 amide bonds. The quantitative estimate of drug-likeness (QED) is 0.868. The van der Waals surface area contributed by atoms with E-state index in [1.807, 2.05) is 18.2 Å². The molecule has 2 aromatic carbocycles. The molecule has 1 heterocycles. The Morgan fingerprint density at radius 2 is 1.88 bits per heavy atom. The fourth-order valence-corrected chi connectivity index (χ4v) is 2.54. The number of amides is 1. The van der Waals surface area contributed by atoms with Crippen LogP contribution >= 0.6 is 11.6 Å². The van der Waals surface area contributed by atoms with Gasteiger partial charge in [0.05, 0.1) is 18.7 Å². The van der Waals surface area contributed by atoms with E-state index in [1.165, 1.54) is 7.11 Å². The van der Waals surface area contributed by atoms with Crippen molar-refractivity contribution in [3.8, 4) is 17.2 Å². The van der Waals surface area contributed by atoms with Crippen LogP contribution in [0.25, 0.3) is 0 Å². The molecule has 0 fully saturated rings. The highest BCUT2D eigenvalue weighted by molar-refractivity contribution is 6.32. The molecule has 2 N–H and O–H groups in total. The monoisotopic (exact) mass is 348 g/mol. The smallest absolute Gasteiger partial charge is 0.243 e. The number of hydrogen-bond donors (Lipinski definition) is 2. The van der Waals surface area contributed by atoms with Gasteiger partial charge in [0, 0.05) is 17.4 Å². The first-order chi connectivity index (χ1) is 11.7. The minimum Gasteiger partial charge on any atom is -0.495 e. The Balaban J connectivity index is 1.56. The molecule has 0 radical (unpaired) electrons. The number of fused-ring (bicyclic) bond motifs is 1. The van der Waals surface area contributed by atoms with Crippen LogP contribution in [0.4, 0.5) is 11.4 Å². The van der Waals surface area contributed by atoms with Crippen LogP contribution in [-0.4, -0.2) is 32.8 Å². The van der Waals surface area contributed by atoms with Crippen LogP contribution < -0.4 is 24.8 Å². The fraction of sp³-hybridized carbons (Fsp3) is 0.235. The highest BCUT2D eigenvalue weighted by atomic mass is 35.5. The number of anilines is 2. The van der Waals surface area contributed by atoms with Crippen LogP contribution in [-0.2, 0) is 4.79 Å². The number of carbonyl (C=O) groups excluding carboxylic acids is 1. The van der Waals surface area contributed by atoms with Crippen LogP contribution in [0.2, 0.25) is 5.02 Å². The first kappa shape index (κ1) is 16.3. The van der Waals surface area contributed by atoms with E-state index in [9.17, 15) is 4.79 Å². The molecule has 0 unspecified atom stereocenters. The largest absolute Gasteiger partial charge is 0.495 e. The Hall–Kier alpha value is -2.60. The van der Waals surface area contributed by atoms with Crippen molar-refractivity contribution in [2.45, 2.75) is 0 Å². The molecule has 6 nitrogen and oxygen atoms in total. The first-order valence-electron chi connectivity index (χ1n) is 7.42. The highest BCUT2D eigenvalue weighted by Crippen LogP contribution is 2.32.